The normalized spacial score (nSPS) is 12.0. The van der Waals surface area contributed by atoms with E-state index in [9.17, 15) is 26.4 Å². The molecule has 0 radical (unpaired) electrons. The SMILES string of the molecule is O=C(Nc1cccc(S(=O)(=O)NCc2ccco2)c1)c1ccc(C(F)(F)F)nc1. The quantitative estimate of drug-likeness (QED) is 0.630. The van der Waals surface area contributed by atoms with Crippen molar-refractivity contribution in [3.05, 3.63) is 78.0 Å². The van der Waals surface area contributed by atoms with Gasteiger partial charge in [0.25, 0.3) is 5.91 Å². The molecule has 1 aromatic carbocycles. The average molecular weight is 425 g/mol. The van der Waals surface area contributed by atoms with Crippen LogP contribution in [0, 0.1) is 0 Å². The van der Waals surface area contributed by atoms with Crippen molar-refractivity contribution in [2.24, 2.45) is 0 Å². The van der Waals surface area contributed by atoms with E-state index in [0.29, 0.717) is 11.8 Å². The fraction of sp³-hybridized carbons (Fsp3) is 0.111. The second kappa shape index (κ2) is 8.05. The van der Waals surface area contributed by atoms with Gasteiger partial charge in [-0.05, 0) is 42.5 Å². The summed E-state index contributed by atoms with van der Waals surface area (Å²) in [6.07, 6.45) is -2.40. The number of pyridine rings is 1. The van der Waals surface area contributed by atoms with Crippen LogP contribution in [-0.4, -0.2) is 19.3 Å². The maximum absolute atomic E-state index is 12.5. The molecule has 2 aromatic heterocycles. The van der Waals surface area contributed by atoms with Crippen LogP contribution in [0.15, 0.2) is 70.3 Å². The van der Waals surface area contributed by atoms with E-state index in [0.717, 1.165) is 12.3 Å². The number of furan rings is 1. The lowest BCUT2D eigenvalue weighted by Crippen LogP contribution is -2.23. The number of nitrogens with one attached hydrogen (secondary N) is 2. The Bertz CT molecular complexity index is 1100. The number of carbonyl (C=O) groups excluding carboxylic acids is 1. The van der Waals surface area contributed by atoms with Gasteiger partial charge in [-0.2, -0.15) is 13.2 Å². The molecule has 2 N–H and O–H groups in total. The van der Waals surface area contributed by atoms with E-state index in [1.807, 2.05) is 0 Å². The minimum Gasteiger partial charge on any atom is -0.468 e. The van der Waals surface area contributed by atoms with E-state index in [1.54, 1.807) is 12.1 Å². The molecule has 7 nitrogen and oxygen atoms in total. The van der Waals surface area contributed by atoms with Gasteiger partial charge in [-0.1, -0.05) is 6.07 Å². The Morgan fingerprint density at radius 1 is 1.10 bits per heavy atom. The monoisotopic (exact) mass is 425 g/mol. The molecule has 0 atom stereocenters. The molecule has 0 unspecified atom stereocenters. The number of hydrogen-bond acceptors (Lipinski definition) is 5. The number of rotatable bonds is 6. The minimum absolute atomic E-state index is 0.0524. The smallest absolute Gasteiger partial charge is 0.433 e. The Hall–Kier alpha value is -3.18. The average Bonchev–Trinajstić information content (AvgIpc) is 3.20. The highest BCUT2D eigenvalue weighted by molar-refractivity contribution is 7.89. The van der Waals surface area contributed by atoms with Crippen LogP contribution in [0.2, 0.25) is 0 Å². The lowest BCUT2D eigenvalue weighted by atomic mass is 10.2. The molecular formula is C18H14F3N3O4S. The molecule has 152 valence electrons. The molecule has 0 fully saturated rings. The first-order valence-electron chi connectivity index (χ1n) is 8.12. The van der Waals surface area contributed by atoms with Gasteiger partial charge in [-0.3, -0.25) is 9.78 Å². The molecule has 3 rings (SSSR count). The van der Waals surface area contributed by atoms with Gasteiger partial charge in [0, 0.05) is 11.9 Å². The summed E-state index contributed by atoms with van der Waals surface area (Å²) in [5.41, 5.74) is -1.08. The number of halogens is 3. The highest BCUT2D eigenvalue weighted by atomic mass is 32.2. The maximum Gasteiger partial charge on any atom is 0.433 e. The third-order valence-corrected chi connectivity index (χ3v) is 5.13. The van der Waals surface area contributed by atoms with Gasteiger partial charge >= 0.3 is 6.18 Å². The number of amides is 1. The van der Waals surface area contributed by atoms with Crippen LogP contribution in [0.4, 0.5) is 18.9 Å². The van der Waals surface area contributed by atoms with Gasteiger partial charge < -0.3 is 9.73 Å². The first-order valence-corrected chi connectivity index (χ1v) is 9.60. The van der Waals surface area contributed by atoms with E-state index in [4.69, 9.17) is 4.42 Å². The summed E-state index contributed by atoms with van der Waals surface area (Å²) in [6.45, 7) is -0.0524. The molecule has 29 heavy (non-hydrogen) atoms. The first kappa shape index (κ1) is 20.6. The highest BCUT2D eigenvalue weighted by Gasteiger charge is 2.32. The van der Waals surface area contributed by atoms with Gasteiger partial charge in [0.2, 0.25) is 10.0 Å². The lowest BCUT2D eigenvalue weighted by molar-refractivity contribution is -0.141. The molecule has 2 heterocycles. The van der Waals surface area contributed by atoms with Gasteiger partial charge in [0.15, 0.2) is 0 Å². The van der Waals surface area contributed by atoms with E-state index in [1.165, 1.54) is 30.5 Å². The first-order chi connectivity index (χ1) is 13.6. The number of aromatic nitrogens is 1. The second-order valence-corrected chi connectivity index (χ2v) is 7.58. The van der Waals surface area contributed by atoms with Crippen molar-refractivity contribution in [1.29, 1.82) is 0 Å². The highest BCUT2D eigenvalue weighted by Crippen LogP contribution is 2.27. The van der Waals surface area contributed by atoms with Crippen LogP contribution < -0.4 is 10.0 Å². The molecular weight excluding hydrogens is 411 g/mol. The number of alkyl halides is 3. The molecule has 0 bridgehead atoms. The summed E-state index contributed by atoms with van der Waals surface area (Å²) in [6, 6.07) is 10.3. The third-order valence-electron chi connectivity index (χ3n) is 3.73. The van der Waals surface area contributed by atoms with E-state index >= 15 is 0 Å². The van der Waals surface area contributed by atoms with Crippen molar-refractivity contribution in [2.75, 3.05) is 5.32 Å². The van der Waals surface area contributed by atoms with Crippen LogP contribution in [0.5, 0.6) is 0 Å². The van der Waals surface area contributed by atoms with Crippen LogP contribution in [0.25, 0.3) is 0 Å². The van der Waals surface area contributed by atoms with Crippen molar-refractivity contribution in [1.82, 2.24) is 9.71 Å². The fourth-order valence-corrected chi connectivity index (χ4v) is 3.34. The van der Waals surface area contributed by atoms with Crippen molar-refractivity contribution in [2.45, 2.75) is 17.6 Å². The molecule has 0 aliphatic rings. The van der Waals surface area contributed by atoms with Gasteiger partial charge in [-0.15, -0.1) is 0 Å². The summed E-state index contributed by atoms with van der Waals surface area (Å²) < 4.78 is 69.8. The van der Waals surface area contributed by atoms with Crippen molar-refractivity contribution >= 4 is 21.6 Å². The summed E-state index contributed by atoms with van der Waals surface area (Å²) >= 11 is 0. The summed E-state index contributed by atoms with van der Waals surface area (Å²) in [4.78, 5) is 15.3. The van der Waals surface area contributed by atoms with Crippen LogP contribution in [-0.2, 0) is 22.7 Å². The Labute approximate surface area is 163 Å². The Morgan fingerprint density at radius 3 is 2.52 bits per heavy atom. The van der Waals surface area contributed by atoms with Crippen LogP contribution in [0.3, 0.4) is 0 Å². The van der Waals surface area contributed by atoms with Crippen molar-refractivity contribution < 1.29 is 30.8 Å². The zero-order chi connectivity index (χ0) is 21.1. The third kappa shape index (κ3) is 5.21. The van der Waals surface area contributed by atoms with E-state index < -0.39 is 27.8 Å². The van der Waals surface area contributed by atoms with E-state index in [2.05, 4.69) is 15.0 Å². The number of anilines is 1. The van der Waals surface area contributed by atoms with Crippen molar-refractivity contribution in [3.63, 3.8) is 0 Å². The van der Waals surface area contributed by atoms with Crippen molar-refractivity contribution in [3.8, 4) is 0 Å². The van der Waals surface area contributed by atoms with Gasteiger partial charge in [0.05, 0.1) is 23.3 Å². The molecule has 0 saturated carbocycles. The fourth-order valence-electron chi connectivity index (χ4n) is 2.30. The number of carbonyl (C=O) groups is 1. The van der Waals surface area contributed by atoms with E-state index in [-0.39, 0.29) is 22.7 Å². The summed E-state index contributed by atoms with van der Waals surface area (Å²) in [7, 11) is -3.88. The van der Waals surface area contributed by atoms with Gasteiger partial charge in [0.1, 0.15) is 11.5 Å². The maximum atomic E-state index is 12.5. The number of nitrogens with zero attached hydrogens (tertiary/aromatic N) is 1. The molecule has 0 aliphatic carbocycles. The lowest BCUT2D eigenvalue weighted by Gasteiger charge is -2.10. The largest absolute Gasteiger partial charge is 0.468 e. The Kier molecular flexibility index (Phi) is 5.71. The Morgan fingerprint density at radius 2 is 1.90 bits per heavy atom. The standard InChI is InChI=1S/C18H14F3N3O4S/c19-18(20,21)16-7-6-12(10-22-16)17(25)24-13-3-1-5-15(9-13)29(26,27)23-11-14-4-2-8-28-14/h1-10,23H,11H2,(H,24,25). The predicted octanol–water partition coefficient (Wildman–Crippen LogP) is 3.42. The molecule has 0 spiro atoms. The topological polar surface area (TPSA) is 101 Å². The zero-order valence-corrected chi connectivity index (χ0v) is 15.4. The molecule has 0 saturated heterocycles. The minimum atomic E-state index is -4.61. The zero-order valence-electron chi connectivity index (χ0n) is 14.6. The van der Waals surface area contributed by atoms with Crippen LogP contribution >= 0.6 is 0 Å². The van der Waals surface area contributed by atoms with Crippen LogP contribution in [0.1, 0.15) is 21.8 Å². The second-order valence-electron chi connectivity index (χ2n) is 5.82. The molecule has 1 amide bonds. The number of hydrogen-bond donors (Lipinski definition) is 2. The molecule has 11 heteroatoms. The molecule has 3 aromatic rings. The molecule has 0 aliphatic heterocycles. The number of sulfonamides is 1. The Balaban J connectivity index is 1.71. The van der Waals surface area contributed by atoms with Gasteiger partial charge in [-0.25, -0.2) is 13.1 Å². The summed E-state index contributed by atoms with van der Waals surface area (Å²) in [5, 5.41) is 2.43. The number of benzene rings is 1. The summed E-state index contributed by atoms with van der Waals surface area (Å²) in [5.74, 6) is -0.308. The predicted molar refractivity (Wildman–Crippen MR) is 96.4 cm³/mol.